The number of rotatable bonds is 4. The van der Waals surface area contributed by atoms with Crippen LogP contribution in [0.5, 0.6) is 11.5 Å². The van der Waals surface area contributed by atoms with Crippen LogP contribution in [0.25, 0.3) is 0 Å². The Morgan fingerprint density at radius 3 is 2.37 bits per heavy atom. The average Bonchev–Trinajstić information content (AvgIpc) is 2.29. The highest BCUT2D eigenvalue weighted by Gasteiger charge is 2.32. The quantitative estimate of drug-likeness (QED) is 0.611. The van der Waals surface area contributed by atoms with Crippen LogP contribution >= 0.6 is 0 Å². The van der Waals surface area contributed by atoms with Gasteiger partial charge in [-0.1, -0.05) is 6.92 Å². The first-order valence-corrected chi connectivity index (χ1v) is 5.04. The third-order valence-electron chi connectivity index (χ3n) is 1.92. The molecule has 104 valence electrons. The Labute approximate surface area is 105 Å². The molecule has 0 saturated carbocycles. The largest absolute Gasteiger partial charge is 0.573 e. The molecular weight excluding hydrogens is 269 g/mol. The fourth-order valence-corrected chi connectivity index (χ4v) is 1.12. The van der Waals surface area contributed by atoms with Crippen molar-refractivity contribution in [2.24, 2.45) is 0 Å². The lowest BCUT2D eigenvalue weighted by Crippen LogP contribution is -2.23. The third kappa shape index (κ3) is 4.49. The zero-order valence-corrected chi connectivity index (χ0v) is 9.61. The Kier molecular flexibility index (Phi) is 4.36. The number of carboxylic acid groups (broad SMARTS) is 1. The van der Waals surface area contributed by atoms with Gasteiger partial charge in [0.25, 0.3) is 0 Å². The first-order chi connectivity index (χ1) is 8.73. The highest BCUT2D eigenvalue weighted by molar-refractivity contribution is 5.87. The van der Waals surface area contributed by atoms with E-state index in [2.05, 4.69) is 9.47 Å². The predicted octanol–water partition coefficient (Wildman–Crippen LogP) is 1.26. The monoisotopic (exact) mass is 277 g/mol. The molecule has 0 bridgehead atoms. The number of esters is 1. The molecule has 0 aliphatic heterocycles. The lowest BCUT2D eigenvalue weighted by Gasteiger charge is -2.14. The van der Waals surface area contributed by atoms with E-state index < -0.39 is 35.4 Å². The Morgan fingerprint density at radius 2 is 1.89 bits per heavy atom. The molecule has 0 amide bonds. The Bertz CT molecular complexity index is 496. The predicted molar refractivity (Wildman–Crippen MR) is 53.4 cm³/mol. The van der Waals surface area contributed by atoms with E-state index in [-0.39, 0.29) is 6.42 Å². The second-order valence-electron chi connectivity index (χ2n) is 3.32. The molecule has 0 heterocycles. The average molecular weight is 277 g/mol. The van der Waals surface area contributed by atoms with Crippen molar-refractivity contribution in [3.8, 4) is 11.5 Å². The summed E-state index contributed by atoms with van der Waals surface area (Å²) in [5.41, 5.74) is -0.437. The summed E-state index contributed by atoms with van der Waals surface area (Å²) in [7, 11) is 0. The molecule has 0 fully saturated rings. The first kappa shape index (κ1) is 14.8. The molecule has 1 aromatic rings. The van der Waals surface area contributed by atoms with E-state index in [9.17, 15) is 27.9 Å². The number of carbonyl (C=O) groups is 2. The maximum Gasteiger partial charge on any atom is 0.573 e. The van der Waals surface area contributed by atoms with E-state index in [1.54, 1.807) is 0 Å². The van der Waals surface area contributed by atoms with Crippen LogP contribution < -0.4 is 14.6 Å². The van der Waals surface area contributed by atoms with Crippen LogP contribution in [0.15, 0.2) is 18.2 Å². The summed E-state index contributed by atoms with van der Waals surface area (Å²) in [6.45, 7) is 1.43. The number of halogens is 3. The molecular formula is C11H8F3O5-. The van der Waals surface area contributed by atoms with E-state index in [1.165, 1.54) is 6.92 Å². The molecule has 0 aliphatic carbocycles. The van der Waals surface area contributed by atoms with Crippen LogP contribution in [0, 0.1) is 0 Å². The highest BCUT2D eigenvalue weighted by Crippen LogP contribution is 2.33. The van der Waals surface area contributed by atoms with Gasteiger partial charge in [-0.3, -0.25) is 4.79 Å². The minimum atomic E-state index is -4.99. The second kappa shape index (κ2) is 5.59. The van der Waals surface area contributed by atoms with E-state index >= 15 is 0 Å². The third-order valence-corrected chi connectivity index (χ3v) is 1.92. The lowest BCUT2D eigenvalue weighted by atomic mass is 10.2. The van der Waals surface area contributed by atoms with Crippen LogP contribution in [-0.2, 0) is 4.79 Å². The van der Waals surface area contributed by atoms with Crippen LogP contribution in [-0.4, -0.2) is 18.3 Å². The van der Waals surface area contributed by atoms with Crippen LogP contribution in [0.4, 0.5) is 13.2 Å². The number of aromatic carboxylic acids is 1. The van der Waals surface area contributed by atoms with E-state index in [0.717, 1.165) is 18.2 Å². The number of alkyl halides is 3. The highest BCUT2D eigenvalue weighted by atomic mass is 19.4. The molecule has 8 heteroatoms. The smallest absolute Gasteiger partial charge is 0.545 e. The Hall–Kier alpha value is -2.25. The molecule has 1 aromatic carbocycles. The van der Waals surface area contributed by atoms with Crippen LogP contribution in [0.1, 0.15) is 23.7 Å². The zero-order valence-electron chi connectivity index (χ0n) is 9.61. The normalized spacial score (nSPS) is 10.9. The number of hydrogen-bond acceptors (Lipinski definition) is 5. The van der Waals surface area contributed by atoms with Crippen LogP contribution in [0.2, 0.25) is 0 Å². The SMILES string of the molecule is CCC(=O)Oc1cc(C(=O)[O-])ccc1OC(F)(F)F. The maximum absolute atomic E-state index is 12.1. The molecule has 0 unspecified atom stereocenters. The standard InChI is InChI=1S/C11H9F3O5/c1-2-9(15)18-8-5-6(10(16)17)3-4-7(8)19-11(12,13)14/h3-5H,2H2,1H3,(H,16,17)/p-1. The summed E-state index contributed by atoms with van der Waals surface area (Å²) in [6.07, 6.45) is -5.09. The van der Waals surface area contributed by atoms with Gasteiger partial charge >= 0.3 is 12.3 Å². The number of carbonyl (C=O) groups excluding carboxylic acids is 2. The molecule has 0 spiro atoms. The maximum atomic E-state index is 12.1. The lowest BCUT2D eigenvalue weighted by molar-refractivity contribution is -0.275. The first-order valence-electron chi connectivity index (χ1n) is 5.04. The number of carboxylic acids is 1. The van der Waals surface area contributed by atoms with Gasteiger partial charge in [0, 0.05) is 12.0 Å². The Balaban J connectivity index is 3.14. The van der Waals surface area contributed by atoms with Gasteiger partial charge in [0.1, 0.15) is 0 Å². The van der Waals surface area contributed by atoms with Crippen LogP contribution in [0.3, 0.4) is 0 Å². The molecule has 0 aromatic heterocycles. The van der Waals surface area contributed by atoms with Crippen molar-refractivity contribution in [2.45, 2.75) is 19.7 Å². The molecule has 0 N–H and O–H groups in total. The summed E-state index contributed by atoms with van der Waals surface area (Å²) >= 11 is 0. The van der Waals surface area contributed by atoms with Gasteiger partial charge < -0.3 is 19.4 Å². The van der Waals surface area contributed by atoms with Crippen molar-refractivity contribution in [3.05, 3.63) is 23.8 Å². The summed E-state index contributed by atoms with van der Waals surface area (Å²) in [6, 6.07) is 2.31. The van der Waals surface area contributed by atoms with Gasteiger partial charge in [0.2, 0.25) is 0 Å². The van der Waals surface area contributed by atoms with Gasteiger partial charge in [0.15, 0.2) is 11.5 Å². The molecule has 19 heavy (non-hydrogen) atoms. The molecule has 0 saturated heterocycles. The van der Waals surface area contributed by atoms with Gasteiger partial charge in [-0.2, -0.15) is 0 Å². The van der Waals surface area contributed by atoms with Crippen molar-refractivity contribution < 1.29 is 37.3 Å². The van der Waals surface area contributed by atoms with E-state index in [0.29, 0.717) is 0 Å². The summed E-state index contributed by atoms with van der Waals surface area (Å²) in [5.74, 6) is -3.89. The second-order valence-corrected chi connectivity index (χ2v) is 3.32. The zero-order chi connectivity index (χ0) is 14.6. The van der Waals surface area contributed by atoms with Crippen molar-refractivity contribution in [2.75, 3.05) is 0 Å². The fraction of sp³-hybridized carbons (Fsp3) is 0.273. The van der Waals surface area contributed by atoms with Crippen molar-refractivity contribution in [1.82, 2.24) is 0 Å². The van der Waals surface area contributed by atoms with Gasteiger partial charge in [0.05, 0.1) is 5.97 Å². The summed E-state index contributed by atoms with van der Waals surface area (Å²) in [5, 5.41) is 10.6. The molecule has 0 radical (unpaired) electrons. The van der Waals surface area contributed by atoms with Crippen molar-refractivity contribution in [3.63, 3.8) is 0 Å². The molecule has 1 rings (SSSR count). The fourth-order valence-electron chi connectivity index (χ4n) is 1.12. The number of ether oxygens (including phenoxy) is 2. The Morgan fingerprint density at radius 1 is 1.26 bits per heavy atom. The van der Waals surface area contributed by atoms with E-state index in [1.807, 2.05) is 0 Å². The minimum Gasteiger partial charge on any atom is -0.545 e. The van der Waals surface area contributed by atoms with Gasteiger partial charge in [-0.25, -0.2) is 0 Å². The molecule has 5 nitrogen and oxygen atoms in total. The van der Waals surface area contributed by atoms with E-state index in [4.69, 9.17) is 0 Å². The molecule has 0 atom stereocenters. The van der Waals surface area contributed by atoms with Gasteiger partial charge in [-0.15, -0.1) is 13.2 Å². The molecule has 0 aliphatic rings. The number of hydrogen-bond donors (Lipinski definition) is 0. The topological polar surface area (TPSA) is 75.7 Å². The summed E-state index contributed by atoms with van der Waals surface area (Å²) in [4.78, 5) is 21.6. The summed E-state index contributed by atoms with van der Waals surface area (Å²) < 4.78 is 44.5. The number of benzene rings is 1. The van der Waals surface area contributed by atoms with Gasteiger partial charge in [-0.05, 0) is 18.2 Å². The van der Waals surface area contributed by atoms with Crippen molar-refractivity contribution >= 4 is 11.9 Å². The van der Waals surface area contributed by atoms with Crippen molar-refractivity contribution in [1.29, 1.82) is 0 Å². The minimum absolute atomic E-state index is 0.0962.